The standard InChI is InChI=1S/C15H19F2NO2/c1-18(8-11-3-2-6-20-10-11)9-15(19)13-5-4-12(16)7-14(13)17/h4-5,7,11H,2-3,6,8-10H2,1H3. The Morgan fingerprint density at radius 2 is 2.25 bits per heavy atom. The molecule has 110 valence electrons. The molecule has 5 heteroatoms. The maximum absolute atomic E-state index is 13.5. The number of Topliss-reactive ketones (excluding diaryl/α,β-unsaturated/α-hetero) is 1. The third kappa shape index (κ3) is 4.08. The van der Waals surface area contributed by atoms with Crippen LogP contribution in [0.3, 0.4) is 0 Å². The molecule has 1 saturated heterocycles. The zero-order valence-electron chi connectivity index (χ0n) is 11.6. The Hall–Kier alpha value is -1.33. The molecule has 1 unspecified atom stereocenters. The molecule has 1 aromatic carbocycles. The zero-order valence-corrected chi connectivity index (χ0v) is 11.6. The summed E-state index contributed by atoms with van der Waals surface area (Å²) >= 11 is 0. The van der Waals surface area contributed by atoms with Gasteiger partial charge >= 0.3 is 0 Å². The van der Waals surface area contributed by atoms with Crippen molar-refractivity contribution in [2.75, 3.05) is 33.4 Å². The van der Waals surface area contributed by atoms with Crippen LogP contribution in [0.15, 0.2) is 18.2 Å². The molecule has 20 heavy (non-hydrogen) atoms. The second-order valence-electron chi connectivity index (χ2n) is 5.33. The molecule has 0 spiro atoms. The highest BCUT2D eigenvalue weighted by Crippen LogP contribution is 2.15. The maximum Gasteiger partial charge on any atom is 0.179 e. The first-order chi connectivity index (χ1) is 9.56. The number of likely N-dealkylation sites (N-methyl/N-ethyl adjacent to an activating group) is 1. The lowest BCUT2D eigenvalue weighted by Gasteiger charge is -2.26. The molecule has 1 aliphatic rings. The van der Waals surface area contributed by atoms with Crippen molar-refractivity contribution in [1.82, 2.24) is 4.90 Å². The molecule has 1 fully saturated rings. The number of hydrogen-bond acceptors (Lipinski definition) is 3. The zero-order chi connectivity index (χ0) is 14.5. The van der Waals surface area contributed by atoms with Crippen molar-refractivity contribution in [3.05, 3.63) is 35.4 Å². The summed E-state index contributed by atoms with van der Waals surface area (Å²) in [5.41, 5.74) is -0.0573. The van der Waals surface area contributed by atoms with Gasteiger partial charge in [-0.15, -0.1) is 0 Å². The largest absolute Gasteiger partial charge is 0.381 e. The van der Waals surface area contributed by atoms with Crippen LogP contribution in [0.2, 0.25) is 0 Å². The van der Waals surface area contributed by atoms with Crippen LogP contribution in [-0.2, 0) is 4.74 Å². The minimum atomic E-state index is -0.801. The summed E-state index contributed by atoms with van der Waals surface area (Å²) < 4.78 is 31.7. The van der Waals surface area contributed by atoms with Gasteiger partial charge in [0.15, 0.2) is 5.78 Å². The quantitative estimate of drug-likeness (QED) is 0.778. The number of halogens is 2. The topological polar surface area (TPSA) is 29.5 Å². The third-order valence-corrected chi connectivity index (χ3v) is 3.47. The normalized spacial score (nSPS) is 19.3. The van der Waals surface area contributed by atoms with E-state index in [-0.39, 0.29) is 17.9 Å². The van der Waals surface area contributed by atoms with Crippen LogP contribution in [0.4, 0.5) is 8.78 Å². The number of carbonyl (C=O) groups excluding carboxylic acids is 1. The van der Waals surface area contributed by atoms with E-state index in [2.05, 4.69) is 0 Å². The highest BCUT2D eigenvalue weighted by molar-refractivity contribution is 5.97. The third-order valence-electron chi connectivity index (χ3n) is 3.47. The molecule has 0 aliphatic carbocycles. The minimum absolute atomic E-state index is 0.0573. The van der Waals surface area contributed by atoms with E-state index in [0.29, 0.717) is 12.5 Å². The van der Waals surface area contributed by atoms with Gasteiger partial charge in [0.25, 0.3) is 0 Å². The molecule has 1 heterocycles. The average molecular weight is 283 g/mol. The van der Waals surface area contributed by atoms with E-state index in [1.807, 2.05) is 11.9 Å². The van der Waals surface area contributed by atoms with Crippen LogP contribution in [-0.4, -0.2) is 44.0 Å². The van der Waals surface area contributed by atoms with Crippen LogP contribution in [0.1, 0.15) is 23.2 Å². The molecule has 0 radical (unpaired) electrons. The van der Waals surface area contributed by atoms with Crippen molar-refractivity contribution in [2.45, 2.75) is 12.8 Å². The fourth-order valence-corrected chi connectivity index (χ4v) is 2.50. The number of rotatable bonds is 5. The lowest BCUT2D eigenvalue weighted by atomic mass is 10.0. The number of carbonyl (C=O) groups is 1. The molecule has 1 atom stereocenters. The van der Waals surface area contributed by atoms with Crippen molar-refractivity contribution in [1.29, 1.82) is 0 Å². The van der Waals surface area contributed by atoms with Crippen LogP contribution in [0.25, 0.3) is 0 Å². The Labute approximate surface area is 117 Å². The molecule has 0 saturated carbocycles. The molecule has 1 aliphatic heterocycles. The molecule has 0 aromatic heterocycles. The Morgan fingerprint density at radius 3 is 2.90 bits per heavy atom. The average Bonchev–Trinajstić information content (AvgIpc) is 2.39. The van der Waals surface area contributed by atoms with Crippen molar-refractivity contribution < 1.29 is 18.3 Å². The van der Waals surface area contributed by atoms with E-state index < -0.39 is 11.6 Å². The predicted octanol–water partition coefficient (Wildman–Crippen LogP) is 2.51. The first-order valence-corrected chi connectivity index (χ1v) is 6.81. The van der Waals surface area contributed by atoms with Gasteiger partial charge in [-0.2, -0.15) is 0 Å². The first-order valence-electron chi connectivity index (χ1n) is 6.81. The highest BCUT2D eigenvalue weighted by atomic mass is 19.1. The number of benzene rings is 1. The Morgan fingerprint density at radius 1 is 1.45 bits per heavy atom. The Bertz CT molecular complexity index is 473. The van der Waals surface area contributed by atoms with E-state index in [4.69, 9.17) is 4.74 Å². The lowest BCUT2D eigenvalue weighted by molar-refractivity contribution is 0.0416. The summed E-state index contributed by atoms with van der Waals surface area (Å²) in [6, 6.07) is 3.04. The molecule has 2 rings (SSSR count). The predicted molar refractivity (Wildman–Crippen MR) is 71.7 cm³/mol. The minimum Gasteiger partial charge on any atom is -0.381 e. The van der Waals surface area contributed by atoms with Gasteiger partial charge in [-0.05, 0) is 37.9 Å². The van der Waals surface area contributed by atoms with Crippen LogP contribution >= 0.6 is 0 Å². The molecule has 3 nitrogen and oxygen atoms in total. The van der Waals surface area contributed by atoms with Crippen molar-refractivity contribution in [3.8, 4) is 0 Å². The van der Waals surface area contributed by atoms with Gasteiger partial charge in [-0.3, -0.25) is 9.69 Å². The summed E-state index contributed by atoms with van der Waals surface area (Å²) in [6.07, 6.45) is 2.13. The molecular weight excluding hydrogens is 264 g/mol. The van der Waals surface area contributed by atoms with E-state index in [9.17, 15) is 13.6 Å². The second kappa shape index (κ2) is 6.90. The van der Waals surface area contributed by atoms with Gasteiger partial charge in [-0.25, -0.2) is 8.78 Å². The molecular formula is C15H19F2NO2. The lowest BCUT2D eigenvalue weighted by Crippen LogP contribution is -2.34. The van der Waals surface area contributed by atoms with Crippen LogP contribution in [0.5, 0.6) is 0 Å². The fourth-order valence-electron chi connectivity index (χ4n) is 2.50. The smallest absolute Gasteiger partial charge is 0.179 e. The monoisotopic (exact) mass is 283 g/mol. The summed E-state index contributed by atoms with van der Waals surface area (Å²) in [4.78, 5) is 13.9. The van der Waals surface area contributed by atoms with Crippen molar-refractivity contribution in [3.63, 3.8) is 0 Å². The fraction of sp³-hybridized carbons (Fsp3) is 0.533. The van der Waals surface area contributed by atoms with Crippen molar-refractivity contribution >= 4 is 5.78 Å². The number of nitrogens with zero attached hydrogens (tertiary/aromatic N) is 1. The summed E-state index contributed by atoms with van der Waals surface area (Å²) in [5.74, 6) is -1.39. The molecule has 0 N–H and O–H groups in total. The van der Waals surface area contributed by atoms with Gasteiger partial charge in [0.1, 0.15) is 11.6 Å². The molecule has 1 aromatic rings. The summed E-state index contributed by atoms with van der Waals surface area (Å²) in [6.45, 7) is 2.39. The van der Waals surface area contributed by atoms with E-state index in [1.165, 1.54) is 6.07 Å². The summed E-state index contributed by atoms with van der Waals surface area (Å²) in [7, 11) is 1.83. The number of hydrogen-bond donors (Lipinski definition) is 0. The molecule has 0 amide bonds. The maximum atomic E-state index is 13.5. The van der Waals surface area contributed by atoms with Gasteiger partial charge in [-0.1, -0.05) is 0 Å². The first kappa shape index (κ1) is 15.1. The SMILES string of the molecule is CN(CC(=O)c1ccc(F)cc1F)CC1CCCOC1. The van der Waals surface area contributed by atoms with Crippen molar-refractivity contribution in [2.24, 2.45) is 5.92 Å². The van der Waals surface area contributed by atoms with E-state index in [1.54, 1.807) is 0 Å². The number of ketones is 1. The van der Waals surface area contributed by atoms with Crippen LogP contribution in [0, 0.1) is 17.6 Å². The molecule has 0 bridgehead atoms. The van der Waals surface area contributed by atoms with E-state index >= 15 is 0 Å². The second-order valence-corrected chi connectivity index (χ2v) is 5.33. The van der Waals surface area contributed by atoms with E-state index in [0.717, 1.165) is 38.1 Å². The van der Waals surface area contributed by atoms with Crippen LogP contribution < -0.4 is 0 Å². The van der Waals surface area contributed by atoms with Gasteiger partial charge in [0, 0.05) is 19.2 Å². The number of ether oxygens (including phenoxy) is 1. The Balaban J connectivity index is 1.89. The highest BCUT2D eigenvalue weighted by Gasteiger charge is 2.19. The van der Waals surface area contributed by atoms with Gasteiger partial charge in [0.2, 0.25) is 0 Å². The van der Waals surface area contributed by atoms with Gasteiger partial charge < -0.3 is 4.74 Å². The summed E-state index contributed by atoms with van der Waals surface area (Å²) in [5, 5.41) is 0. The Kier molecular flexibility index (Phi) is 5.20. The van der Waals surface area contributed by atoms with Gasteiger partial charge in [0.05, 0.1) is 18.7 Å².